The van der Waals surface area contributed by atoms with Crippen LogP contribution >= 0.6 is 0 Å². The summed E-state index contributed by atoms with van der Waals surface area (Å²) >= 11 is 0. The van der Waals surface area contributed by atoms with Crippen molar-refractivity contribution in [3.8, 4) is 0 Å². The van der Waals surface area contributed by atoms with E-state index in [-0.39, 0.29) is 13.2 Å². The summed E-state index contributed by atoms with van der Waals surface area (Å²) in [5, 5.41) is 26.6. The Kier molecular flexibility index (Phi) is 7.56. The normalized spacial score (nSPS) is 26.9. The standard InChI is InChI=1S/C36H39NO5/c1-33(2)35(38)32(40-24-26-16-8-4-9-17-26)31(42-36(33,35)39)30(37-3)25-41-34(27-18-10-5-11-19-27,28-20-12-6-13-21-28)29-22-14-7-15-23-29/h4-23,30-32,37-39H,24-25H2,1-3H3/t30-,31-,32+,35+,36+/m1/s1. The minimum atomic E-state index is -1.73. The molecule has 6 nitrogen and oxygen atoms in total. The highest BCUT2D eigenvalue weighted by atomic mass is 16.7. The molecule has 1 saturated heterocycles. The predicted molar refractivity (Wildman–Crippen MR) is 162 cm³/mol. The van der Waals surface area contributed by atoms with Gasteiger partial charge in [-0.15, -0.1) is 0 Å². The van der Waals surface area contributed by atoms with E-state index in [0.29, 0.717) is 0 Å². The summed E-state index contributed by atoms with van der Waals surface area (Å²) in [6, 6.07) is 40.0. The minimum absolute atomic E-state index is 0.206. The highest BCUT2D eigenvalue weighted by Crippen LogP contribution is 2.72. The second-order valence-corrected chi connectivity index (χ2v) is 11.8. The molecule has 42 heavy (non-hydrogen) atoms. The van der Waals surface area contributed by atoms with E-state index in [9.17, 15) is 10.2 Å². The zero-order valence-corrected chi connectivity index (χ0v) is 24.3. The van der Waals surface area contributed by atoms with Gasteiger partial charge in [-0.05, 0) is 29.3 Å². The van der Waals surface area contributed by atoms with Gasteiger partial charge in [-0.1, -0.05) is 135 Å². The van der Waals surface area contributed by atoms with E-state index >= 15 is 0 Å². The minimum Gasteiger partial charge on any atom is -0.381 e. The molecular formula is C36H39NO5. The summed E-state index contributed by atoms with van der Waals surface area (Å²) in [5.41, 5.74) is 0.562. The van der Waals surface area contributed by atoms with E-state index in [2.05, 4.69) is 41.7 Å². The predicted octanol–water partition coefficient (Wildman–Crippen LogP) is 5.03. The van der Waals surface area contributed by atoms with Crippen LogP contribution in [-0.4, -0.2) is 53.5 Å². The first-order valence-electron chi connectivity index (χ1n) is 14.6. The van der Waals surface area contributed by atoms with Crippen molar-refractivity contribution in [1.29, 1.82) is 0 Å². The highest BCUT2D eigenvalue weighted by Gasteiger charge is 2.92. The van der Waals surface area contributed by atoms with Crippen LogP contribution in [0, 0.1) is 5.41 Å². The summed E-state index contributed by atoms with van der Waals surface area (Å²) in [6.07, 6.45) is -1.47. The van der Waals surface area contributed by atoms with Gasteiger partial charge < -0.3 is 29.7 Å². The molecule has 0 spiro atoms. The molecular weight excluding hydrogens is 526 g/mol. The Hall–Kier alpha value is -3.36. The second kappa shape index (κ2) is 11.0. The van der Waals surface area contributed by atoms with Gasteiger partial charge in [-0.3, -0.25) is 0 Å². The van der Waals surface area contributed by atoms with Crippen molar-refractivity contribution in [3.05, 3.63) is 144 Å². The van der Waals surface area contributed by atoms with E-state index in [1.165, 1.54) is 0 Å². The van der Waals surface area contributed by atoms with Crippen molar-refractivity contribution < 1.29 is 24.4 Å². The van der Waals surface area contributed by atoms with Gasteiger partial charge in [0, 0.05) is 0 Å². The maximum Gasteiger partial charge on any atom is 0.207 e. The van der Waals surface area contributed by atoms with Gasteiger partial charge in [-0.2, -0.15) is 0 Å². The fourth-order valence-corrected chi connectivity index (χ4v) is 6.70. The lowest BCUT2D eigenvalue weighted by atomic mass is 9.80. The Bertz CT molecular complexity index is 1370. The SMILES string of the molecule is CN[C@H](COC(c1ccccc1)(c1ccccc1)c1ccccc1)[C@H]1O[C@@]2(O)C(C)(C)[C@@]2(O)[C@H]1OCc1ccccc1. The quantitative estimate of drug-likeness (QED) is 0.222. The first-order chi connectivity index (χ1) is 20.3. The zero-order valence-electron chi connectivity index (χ0n) is 24.3. The molecule has 0 unspecified atom stereocenters. The number of hydrogen-bond donors (Lipinski definition) is 3. The number of benzene rings is 4. The lowest BCUT2D eigenvalue weighted by Gasteiger charge is -2.39. The van der Waals surface area contributed by atoms with Crippen LogP contribution in [0.4, 0.5) is 0 Å². The Morgan fingerprint density at radius 3 is 1.67 bits per heavy atom. The molecule has 1 aliphatic heterocycles. The molecule has 6 heteroatoms. The van der Waals surface area contributed by atoms with Crippen molar-refractivity contribution in [2.24, 2.45) is 5.41 Å². The van der Waals surface area contributed by atoms with E-state index in [1.807, 2.05) is 92.0 Å². The van der Waals surface area contributed by atoms with Gasteiger partial charge in [0.1, 0.15) is 17.8 Å². The lowest BCUT2D eigenvalue weighted by Crippen LogP contribution is -2.54. The first kappa shape index (κ1) is 28.7. The van der Waals surface area contributed by atoms with Crippen molar-refractivity contribution in [3.63, 3.8) is 0 Å². The highest BCUT2D eigenvalue weighted by molar-refractivity contribution is 5.47. The third-order valence-corrected chi connectivity index (χ3v) is 9.33. The fraction of sp³-hybridized carbons (Fsp3) is 0.333. The van der Waals surface area contributed by atoms with E-state index in [4.69, 9.17) is 14.2 Å². The number of rotatable bonds is 11. The van der Waals surface area contributed by atoms with Crippen LogP contribution in [-0.2, 0) is 26.4 Å². The largest absolute Gasteiger partial charge is 0.381 e. The van der Waals surface area contributed by atoms with Gasteiger partial charge in [0.05, 0.1) is 24.7 Å². The zero-order chi connectivity index (χ0) is 29.4. The first-order valence-corrected chi connectivity index (χ1v) is 14.6. The molecule has 0 bridgehead atoms. The van der Waals surface area contributed by atoms with E-state index in [1.54, 1.807) is 13.8 Å². The molecule has 3 N–H and O–H groups in total. The molecule has 1 heterocycles. The molecule has 0 aromatic heterocycles. The van der Waals surface area contributed by atoms with Crippen LogP contribution in [0.2, 0.25) is 0 Å². The molecule has 1 saturated carbocycles. The number of fused-ring (bicyclic) bond motifs is 1. The molecule has 218 valence electrons. The Morgan fingerprint density at radius 2 is 1.21 bits per heavy atom. The van der Waals surface area contributed by atoms with Crippen LogP contribution in [0.1, 0.15) is 36.1 Å². The van der Waals surface area contributed by atoms with Gasteiger partial charge in [0.15, 0.2) is 5.60 Å². The number of ether oxygens (including phenoxy) is 3. The third-order valence-electron chi connectivity index (χ3n) is 9.33. The van der Waals surface area contributed by atoms with Crippen LogP contribution in [0.3, 0.4) is 0 Å². The smallest absolute Gasteiger partial charge is 0.207 e. The van der Waals surface area contributed by atoms with Gasteiger partial charge in [0.2, 0.25) is 5.79 Å². The van der Waals surface area contributed by atoms with Crippen molar-refractivity contribution in [2.45, 2.75) is 55.7 Å². The monoisotopic (exact) mass is 565 g/mol. The number of aliphatic hydroxyl groups is 2. The molecule has 0 radical (unpaired) electrons. The van der Waals surface area contributed by atoms with E-state index < -0.39 is 40.7 Å². The van der Waals surface area contributed by atoms with Crippen LogP contribution in [0.15, 0.2) is 121 Å². The number of hydrogen-bond acceptors (Lipinski definition) is 6. The average Bonchev–Trinajstić information content (AvgIpc) is 3.23. The average molecular weight is 566 g/mol. The van der Waals surface area contributed by atoms with E-state index in [0.717, 1.165) is 22.3 Å². The molecule has 1 aliphatic carbocycles. The molecule has 6 rings (SSSR count). The van der Waals surface area contributed by atoms with Gasteiger partial charge in [-0.25, -0.2) is 0 Å². The second-order valence-electron chi connectivity index (χ2n) is 11.8. The van der Waals surface area contributed by atoms with Crippen LogP contribution in [0.25, 0.3) is 0 Å². The molecule has 5 atom stereocenters. The molecule has 4 aromatic rings. The Labute approximate surface area is 247 Å². The van der Waals surface area contributed by atoms with Crippen molar-refractivity contribution >= 4 is 0 Å². The number of likely N-dealkylation sites (N-methyl/N-ethyl adjacent to an activating group) is 1. The van der Waals surface area contributed by atoms with Crippen LogP contribution in [0.5, 0.6) is 0 Å². The Morgan fingerprint density at radius 1 is 0.762 bits per heavy atom. The summed E-state index contributed by atoms with van der Waals surface area (Å²) in [6.45, 7) is 4.09. The van der Waals surface area contributed by atoms with Gasteiger partial charge in [0.25, 0.3) is 0 Å². The molecule has 4 aromatic carbocycles. The summed E-state index contributed by atoms with van der Waals surface area (Å²) in [5.74, 6) is -1.73. The molecule has 2 aliphatic rings. The van der Waals surface area contributed by atoms with Crippen molar-refractivity contribution in [2.75, 3.05) is 13.7 Å². The third kappa shape index (κ3) is 4.33. The maximum absolute atomic E-state index is 11.8. The Balaban J connectivity index is 1.35. The molecule has 0 amide bonds. The molecule has 2 fully saturated rings. The summed E-state index contributed by atoms with van der Waals surface area (Å²) in [4.78, 5) is 0. The number of nitrogens with one attached hydrogen (secondary N) is 1. The lowest BCUT2D eigenvalue weighted by molar-refractivity contribution is -0.188. The van der Waals surface area contributed by atoms with Crippen molar-refractivity contribution in [1.82, 2.24) is 5.32 Å². The summed E-state index contributed by atoms with van der Waals surface area (Å²) in [7, 11) is 1.84. The van der Waals surface area contributed by atoms with Crippen LogP contribution < -0.4 is 5.32 Å². The fourth-order valence-electron chi connectivity index (χ4n) is 6.70. The summed E-state index contributed by atoms with van der Waals surface area (Å²) < 4.78 is 19.8. The topological polar surface area (TPSA) is 80.2 Å². The maximum atomic E-state index is 11.8. The van der Waals surface area contributed by atoms with Gasteiger partial charge >= 0.3 is 0 Å².